The van der Waals surface area contributed by atoms with Gasteiger partial charge in [0.2, 0.25) is 0 Å². The van der Waals surface area contributed by atoms with Crippen LogP contribution in [0.3, 0.4) is 0 Å². The SMILES string of the molecule is CCCCCCCCCCCCCC[N+]1(CCCCS(=O)(=O)[O-])CCCCC1. The van der Waals surface area contributed by atoms with E-state index < -0.39 is 10.1 Å². The lowest BCUT2D eigenvalue weighted by atomic mass is 10.0. The highest BCUT2D eigenvalue weighted by Gasteiger charge is 2.28. The molecule has 0 aromatic heterocycles. The first kappa shape index (κ1) is 25.9. The molecule has 1 rings (SSSR count). The summed E-state index contributed by atoms with van der Waals surface area (Å²) >= 11 is 0. The second-order valence-electron chi connectivity index (χ2n) is 9.15. The standard InChI is InChI=1S/C23H47NO3S/c1-2-3-4-5-6-7-8-9-10-11-12-14-19-24(20-15-13-16-21-24)22-17-18-23-28(25,26)27/h2-23H2,1H3. The Hall–Kier alpha value is -0.130. The summed E-state index contributed by atoms with van der Waals surface area (Å²) in [6.07, 6.45) is 22.0. The van der Waals surface area contributed by atoms with Gasteiger partial charge in [0.15, 0.2) is 0 Å². The molecule has 0 aromatic carbocycles. The Bertz CT molecular complexity index is 458. The van der Waals surface area contributed by atoms with Crippen LogP contribution < -0.4 is 0 Å². The Morgan fingerprint density at radius 3 is 1.54 bits per heavy atom. The maximum Gasteiger partial charge on any atom is 0.0945 e. The van der Waals surface area contributed by atoms with Gasteiger partial charge in [0.25, 0.3) is 0 Å². The van der Waals surface area contributed by atoms with Crippen molar-refractivity contribution < 1.29 is 17.5 Å². The molecule has 168 valence electrons. The van der Waals surface area contributed by atoms with Crippen molar-refractivity contribution >= 4 is 10.1 Å². The highest BCUT2D eigenvalue weighted by Crippen LogP contribution is 2.22. The fraction of sp³-hybridized carbons (Fsp3) is 1.00. The zero-order valence-corrected chi connectivity index (χ0v) is 19.5. The van der Waals surface area contributed by atoms with Crippen molar-refractivity contribution in [2.45, 2.75) is 116 Å². The highest BCUT2D eigenvalue weighted by atomic mass is 32.2. The van der Waals surface area contributed by atoms with Crippen molar-refractivity contribution in [1.29, 1.82) is 0 Å². The van der Waals surface area contributed by atoms with Crippen LogP contribution in [0.4, 0.5) is 0 Å². The second kappa shape index (κ2) is 15.7. The fourth-order valence-electron chi connectivity index (χ4n) is 4.76. The van der Waals surface area contributed by atoms with E-state index in [1.165, 1.54) is 120 Å². The molecule has 0 saturated carbocycles. The van der Waals surface area contributed by atoms with E-state index in [9.17, 15) is 13.0 Å². The molecule has 0 unspecified atom stereocenters. The Morgan fingerprint density at radius 2 is 1.07 bits per heavy atom. The summed E-state index contributed by atoms with van der Waals surface area (Å²) in [5.74, 6) is -0.189. The molecule has 1 heterocycles. The number of unbranched alkanes of at least 4 members (excludes halogenated alkanes) is 12. The van der Waals surface area contributed by atoms with Crippen molar-refractivity contribution in [2.24, 2.45) is 0 Å². The summed E-state index contributed by atoms with van der Waals surface area (Å²) in [4.78, 5) is 0. The largest absolute Gasteiger partial charge is 0.748 e. The molecule has 1 aliphatic rings. The lowest BCUT2D eigenvalue weighted by Gasteiger charge is -2.42. The zero-order valence-electron chi connectivity index (χ0n) is 18.6. The van der Waals surface area contributed by atoms with Crippen molar-refractivity contribution in [3.05, 3.63) is 0 Å². The summed E-state index contributed by atoms with van der Waals surface area (Å²) < 4.78 is 33.6. The van der Waals surface area contributed by atoms with Crippen LogP contribution in [0, 0.1) is 0 Å². The Balaban J connectivity index is 2.07. The van der Waals surface area contributed by atoms with Crippen LogP contribution in [0.1, 0.15) is 116 Å². The molecule has 1 fully saturated rings. The van der Waals surface area contributed by atoms with Gasteiger partial charge < -0.3 is 9.04 Å². The van der Waals surface area contributed by atoms with Crippen LogP contribution in [0.2, 0.25) is 0 Å². The van der Waals surface area contributed by atoms with Gasteiger partial charge in [-0.15, -0.1) is 0 Å². The molecule has 0 bridgehead atoms. The maximum atomic E-state index is 10.8. The molecule has 0 radical (unpaired) electrons. The first-order valence-corrected chi connectivity index (χ1v) is 13.8. The molecule has 1 saturated heterocycles. The average Bonchev–Trinajstić information content (AvgIpc) is 2.66. The molecule has 0 amide bonds. The predicted octanol–water partition coefficient (Wildman–Crippen LogP) is 6.01. The van der Waals surface area contributed by atoms with Gasteiger partial charge in [-0.05, 0) is 44.9 Å². The van der Waals surface area contributed by atoms with Gasteiger partial charge in [-0.25, -0.2) is 8.42 Å². The molecular weight excluding hydrogens is 370 g/mol. The second-order valence-corrected chi connectivity index (χ2v) is 10.7. The van der Waals surface area contributed by atoms with Gasteiger partial charge >= 0.3 is 0 Å². The van der Waals surface area contributed by atoms with E-state index in [1.54, 1.807) is 0 Å². The minimum atomic E-state index is -4.04. The summed E-state index contributed by atoms with van der Waals surface area (Å²) in [7, 11) is -4.04. The number of rotatable bonds is 18. The molecular formula is C23H47NO3S. The van der Waals surface area contributed by atoms with E-state index in [2.05, 4.69) is 6.92 Å². The van der Waals surface area contributed by atoms with Crippen LogP contribution in [-0.4, -0.2) is 49.4 Å². The number of hydrogen-bond donors (Lipinski definition) is 0. The van der Waals surface area contributed by atoms with E-state index >= 15 is 0 Å². The minimum Gasteiger partial charge on any atom is -0.748 e. The van der Waals surface area contributed by atoms with Crippen molar-refractivity contribution in [1.82, 2.24) is 0 Å². The lowest BCUT2D eigenvalue weighted by molar-refractivity contribution is -0.932. The van der Waals surface area contributed by atoms with E-state index in [1.807, 2.05) is 0 Å². The monoisotopic (exact) mass is 417 g/mol. The van der Waals surface area contributed by atoms with E-state index in [4.69, 9.17) is 0 Å². The number of nitrogens with zero attached hydrogens (tertiary/aromatic N) is 1. The van der Waals surface area contributed by atoms with Crippen LogP contribution in [0.15, 0.2) is 0 Å². The van der Waals surface area contributed by atoms with Crippen LogP contribution >= 0.6 is 0 Å². The van der Waals surface area contributed by atoms with Gasteiger partial charge in [0, 0.05) is 5.75 Å². The maximum absolute atomic E-state index is 10.8. The van der Waals surface area contributed by atoms with Gasteiger partial charge in [-0.1, -0.05) is 71.1 Å². The molecule has 0 spiro atoms. The Labute approximate surface area is 175 Å². The normalized spacial score (nSPS) is 17.1. The topological polar surface area (TPSA) is 57.2 Å². The summed E-state index contributed by atoms with van der Waals surface area (Å²) in [6.45, 7) is 7.09. The predicted molar refractivity (Wildman–Crippen MR) is 118 cm³/mol. The molecule has 4 nitrogen and oxygen atoms in total. The summed E-state index contributed by atoms with van der Waals surface area (Å²) in [6, 6.07) is 0. The Kier molecular flexibility index (Phi) is 14.5. The van der Waals surface area contributed by atoms with E-state index in [-0.39, 0.29) is 5.75 Å². The number of likely N-dealkylation sites (tertiary alicyclic amines) is 1. The first-order chi connectivity index (χ1) is 13.5. The third-order valence-electron chi connectivity index (χ3n) is 6.53. The van der Waals surface area contributed by atoms with Gasteiger partial charge in [0.05, 0.1) is 36.3 Å². The van der Waals surface area contributed by atoms with E-state index in [0.29, 0.717) is 6.42 Å². The molecule has 0 atom stereocenters. The molecule has 5 heteroatoms. The summed E-state index contributed by atoms with van der Waals surface area (Å²) in [5, 5.41) is 0. The summed E-state index contributed by atoms with van der Waals surface area (Å²) in [5.41, 5.74) is 0. The molecule has 0 aromatic rings. The quantitative estimate of drug-likeness (QED) is 0.156. The minimum absolute atomic E-state index is 0.189. The third-order valence-corrected chi connectivity index (χ3v) is 7.32. The smallest absolute Gasteiger partial charge is 0.0945 e. The molecule has 0 aliphatic carbocycles. The average molecular weight is 418 g/mol. The van der Waals surface area contributed by atoms with Crippen molar-refractivity contribution in [3.8, 4) is 0 Å². The van der Waals surface area contributed by atoms with E-state index in [0.717, 1.165) is 13.0 Å². The van der Waals surface area contributed by atoms with Gasteiger partial charge in [-0.3, -0.25) is 0 Å². The lowest BCUT2D eigenvalue weighted by Crippen LogP contribution is -2.52. The highest BCUT2D eigenvalue weighted by molar-refractivity contribution is 7.85. The van der Waals surface area contributed by atoms with Gasteiger partial charge in [0.1, 0.15) is 0 Å². The number of quaternary nitrogens is 1. The Morgan fingerprint density at radius 1 is 0.643 bits per heavy atom. The van der Waals surface area contributed by atoms with Gasteiger partial charge in [-0.2, -0.15) is 0 Å². The first-order valence-electron chi connectivity index (χ1n) is 12.3. The fourth-order valence-corrected chi connectivity index (χ4v) is 5.31. The molecule has 1 aliphatic heterocycles. The molecule has 0 N–H and O–H groups in total. The van der Waals surface area contributed by atoms with Crippen LogP contribution in [-0.2, 0) is 10.1 Å². The van der Waals surface area contributed by atoms with Crippen LogP contribution in [0.25, 0.3) is 0 Å². The van der Waals surface area contributed by atoms with Crippen molar-refractivity contribution in [2.75, 3.05) is 31.9 Å². The van der Waals surface area contributed by atoms with Crippen LogP contribution in [0.5, 0.6) is 0 Å². The molecule has 28 heavy (non-hydrogen) atoms. The number of hydrogen-bond acceptors (Lipinski definition) is 3. The number of piperidine rings is 1. The van der Waals surface area contributed by atoms with Crippen molar-refractivity contribution in [3.63, 3.8) is 0 Å². The third kappa shape index (κ3) is 13.9. The zero-order chi connectivity index (χ0) is 20.6.